The van der Waals surface area contributed by atoms with Crippen LogP contribution in [0.5, 0.6) is 0 Å². The number of aliphatic hydroxyl groups is 1. The minimum absolute atomic E-state index is 0.0745. The summed E-state index contributed by atoms with van der Waals surface area (Å²) in [7, 11) is 0. The van der Waals surface area contributed by atoms with Crippen LogP contribution >= 0.6 is 0 Å². The summed E-state index contributed by atoms with van der Waals surface area (Å²) in [6.45, 7) is 7.30. The minimum Gasteiger partial charge on any atom is -0.463 e. The minimum atomic E-state index is -0.760. The van der Waals surface area contributed by atoms with E-state index in [2.05, 4.69) is 6.58 Å². The van der Waals surface area contributed by atoms with Gasteiger partial charge >= 0.3 is 12.1 Å². The highest BCUT2D eigenvalue weighted by Gasteiger charge is 2.19. The Kier molecular flexibility index (Phi) is 8.61. The van der Waals surface area contributed by atoms with Crippen molar-refractivity contribution in [2.45, 2.75) is 26.7 Å². The molecule has 0 heterocycles. The second-order valence-corrected chi connectivity index (χ2v) is 4.79. The van der Waals surface area contributed by atoms with Gasteiger partial charge in [0.05, 0.1) is 19.8 Å². The average molecular weight is 274 g/mol. The third-order valence-corrected chi connectivity index (χ3v) is 2.18. The molecule has 19 heavy (non-hydrogen) atoms. The maximum atomic E-state index is 11.2. The molecule has 0 bridgehead atoms. The molecule has 0 saturated heterocycles. The summed E-state index contributed by atoms with van der Waals surface area (Å²) in [4.78, 5) is 21.9. The quantitative estimate of drug-likeness (QED) is 0.391. The molecule has 0 aliphatic carbocycles. The summed E-state index contributed by atoms with van der Waals surface area (Å²) in [5.74, 6) is -0.466. The van der Waals surface area contributed by atoms with Crippen LogP contribution in [0.1, 0.15) is 26.7 Å². The van der Waals surface area contributed by atoms with Gasteiger partial charge in [-0.1, -0.05) is 20.4 Å². The van der Waals surface area contributed by atoms with Gasteiger partial charge in [0.1, 0.15) is 6.61 Å². The molecule has 0 spiro atoms. The van der Waals surface area contributed by atoms with Crippen LogP contribution in [-0.4, -0.2) is 43.7 Å². The molecule has 0 aromatic carbocycles. The Morgan fingerprint density at radius 1 is 1.16 bits per heavy atom. The van der Waals surface area contributed by atoms with Crippen LogP contribution in [0.15, 0.2) is 12.7 Å². The van der Waals surface area contributed by atoms with Gasteiger partial charge in [-0.2, -0.15) is 0 Å². The third kappa shape index (κ3) is 10.1. The fourth-order valence-electron chi connectivity index (χ4n) is 0.933. The van der Waals surface area contributed by atoms with Gasteiger partial charge in [-0.05, 0) is 12.8 Å². The summed E-state index contributed by atoms with van der Waals surface area (Å²) in [6.07, 6.45) is 1.50. The molecule has 0 aliphatic rings. The number of unbranched alkanes of at least 4 members (excludes halogenated alkanes) is 1. The predicted octanol–water partition coefficient (Wildman–Crippen LogP) is 1.67. The molecular weight excluding hydrogens is 252 g/mol. The lowest BCUT2D eigenvalue weighted by Gasteiger charge is -2.20. The molecular formula is C13H22O6. The number of hydrogen-bond acceptors (Lipinski definition) is 6. The van der Waals surface area contributed by atoms with Gasteiger partial charge in [0.15, 0.2) is 0 Å². The lowest BCUT2D eigenvalue weighted by molar-refractivity contribution is -0.137. The van der Waals surface area contributed by atoms with Crippen LogP contribution in [-0.2, 0) is 19.0 Å². The number of rotatable bonds is 9. The van der Waals surface area contributed by atoms with E-state index in [1.54, 1.807) is 13.8 Å². The van der Waals surface area contributed by atoms with E-state index in [0.717, 1.165) is 6.08 Å². The maximum Gasteiger partial charge on any atom is 0.508 e. The molecule has 0 amide bonds. The van der Waals surface area contributed by atoms with E-state index in [9.17, 15) is 9.59 Å². The third-order valence-electron chi connectivity index (χ3n) is 2.18. The first-order valence-corrected chi connectivity index (χ1v) is 6.11. The molecule has 110 valence electrons. The van der Waals surface area contributed by atoms with Crippen molar-refractivity contribution in [1.29, 1.82) is 0 Å². The van der Waals surface area contributed by atoms with Gasteiger partial charge in [-0.3, -0.25) is 0 Å². The molecule has 0 atom stereocenters. The fraction of sp³-hybridized carbons (Fsp3) is 0.692. The number of carbonyl (C=O) groups excluding carboxylic acids is 2. The second-order valence-electron chi connectivity index (χ2n) is 4.79. The first-order chi connectivity index (χ1) is 8.91. The Hall–Kier alpha value is -1.56. The average Bonchev–Trinajstić information content (AvgIpc) is 2.40. The molecule has 6 heteroatoms. The number of esters is 1. The lowest BCUT2D eigenvalue weighted by Crippen LogP contribution is -2.26. The summed E-state index contributed by atoms with van der Waals surface area (Å²) in [5.41, 5.74) is -0.474. The van der Waals surface area contributed by atoms with E-state index in [0.29, 0.717) is 12.8 Å². The van der Waals surface area contributed by atoms with E-state index in [1.807, 2.05) is 0 Å². The zero-order valence-electron chi connectivity index (χ0n) is 11.5. The normalized spacial score (nSPS) is 10.7. The van der Waals surface area contributed by atoms with Crippen molar-refractivity contribution >= 4 is 12.1 Å². The largest absolute Gasteiger partial charge is 0.508 e. The molecule has 0 fully saturated rings. The number of ether oxygens (including phenoxy) is 3. The predicted molar refractivity (Wildman–Crippen MR) is 68.6 cm³/mol. The van der Waals surface area contributed by atoms with Gasteiger partial charge in [0.25, 0.3) is 0 Å². The number of hydrogen-bond donors (Lipinski definition) is 1. The molecule has 1 N–H and O–H groups in total. The summed E-state index contributed by atoms with van der Waals surface area (Å²) >= 11 is 0. The van der Waals surface area contributed by atoms with Crippen molar-refractivity contribution in [3.05, 3.63) is 12.7 Å². The molecule has 0 saturated carbocycles. The summed E-state index contributed by atoms with van der Waals surface area (Å²) in [5, 5.41) is 8.96. The molecule has 0 aliphatic heterocycles. The van der Waals surface area contributed by atoms with Crippen LogP contribution in [0.3, 0.4) is 0 Å². The van der Waals surface area contributed by atoms with Crippen LogP contribution in [0, 0.1) is 5.41 Å². The maximum absolute atomic E-state index is 11.2. The topological polar surface area (TPSA) is 82.1 Å². The molecule has 6 nitrogen and oxygen atoms in total. The van der Waals surface area contributed by atoms with Gasteiger partial charge in [-0.25, -0.2) is 9.59 Å². The van der Waals surface area contributed by atoms with Gasteiger partial charge in [-0.15, -0.1) is 0 Å². The summed E-state index contributed by atoms with van der Waals surface area (Å²) in [6, 6.07) is 0. The van der Waals surface area contributed by atoms with E-state index < -0.39 is 17.5 Å². The standard InChI is InChI=1S/C13H22O6/c1-4-11(15)17-7-5-6-8-18-12(16)19-10-13(2,3)9-14/h4,14H,1,5-10H2,2-3H3. The van der Waals surface area contributed by atoms with E-state index in [4.69, 9.17) is 19.3 Å². The lowest BCUT2D eigenvalue weighted by atomic mass is 9.97. The first-order valence-electron chi connectivity index (χ1n) is 6.11. The Morgan fingerprint density at radius 3 is 2.26 bits per heavy atom. The van der Waals surface area contributed by atoms with E-state index in [1.165, 1.54) is 0 Å². The van der Waals surface area contributed by atoms with Crippen molar-refractivity contribution in [2.24, 2.45) is 5.41 Å². The van der Waals surface area contributed by atoms with Crippen molar-refractivity contribution in [3.63, 3.8) is 0 Å². The smallest absolute Gasteiger partial charge is 0.463 e. The second kappa shape index (κ2) is 9.38. The van der Waals surface area contributed by atoms with Crippen molar-refractivity contribution < 1.29 is 28.9 Å². The Balaban J connectivity index is 3.49. The Bertz CT molecular complexity index is 298. The fourth-order valence-corrected chi connectivity index (χ4v) is 0.933. The highest BCUT2D eigenvalue weighted by molar-refractivity contribution is 5.81. The van der Waals surface area contributed by atoms with Crippen molar-refractivity contribution in [2.75, 3.05) is 26.4 Å². The Morgan fingerprint density at radius 2 is 1.74 bits per heavy atom. The molecule has 0 aromatic rings. The zero-order chi connectivity index (χ0) is 14.7. The number of aliphatic hydroxyl groups excluding tert-OH is 1. The highest BCUT2D eigenvalue weighted by Crippen LogP contribution is 2.13. The zero-order valence-corrected chi connectivity index (χ0v) is 11.5. The number of carbonyl (C=O) groups is 2. The van der Waals surface area contributed by atoms with Gasteiger partial charge < -0.3 is 19.3 Å². The van der Waals surface area contributed by atoms with Gasteiger partial charge in [0.2, 0.25) is 0 Å². The van der Waals surface area contributed by atoms with Crippen LogP contribution in [0.4, 0.5) is 4.79 Å². The summed E-state index contributed by atoms with van der Waals surface area (Å²) < 4.78 is 14.4. The highest BCUT2D eigenvalue weighted by atomic mass is 16.7. The van der Waals surface area contributed by atoms with Crippen molar-refractivity contribution in [3.8, 4) is 0 Å². The van der Waals surface area contributed by atoms with E-state index in [-0.39, 0.29) is 26.4 Å². The first kappa shape index (κ1) is 17.4. The van der Waals surface area contributed by atoms with Crippen LogP contribution in [0.25, 0.3) is 0 Å². The molecule has 0 unspecified atom stereocenters. The van der Waals surface area contributed by atoms with Crippen molar-refractivity contribution in [1.82, 2.24) is 0 Å². The molecule has 0 aromatic heterocycles. The van der Waals surface area contributed by atoms with Crippen LogP contribution < -0.4 is 0 Å². The van der Waals surface area contributed by atoms with Gasteiger partial charge in [0, 0.05) is 11.5 Å². The molecule has 0 rings (SSSR count). The molecule has 0 radical (unpaired) electrons. The van der Waals surface area contributed by atoms with Crippen LogP contribution in [0.2, 0.25) is 0 Å². The van der Waals surface area contributed by atoms with E-state index >= 15 is 0 Å². The SMILES string of the molecule is C=CC(=O)OCCCCOC(=O)OCC(C)(C)CO. The monoisotopic (exact) mass is 274 g/mol. The Labute approximate surface area is 113 Å².